The molecule has 5 atom stereocenters. The summed E-state index contributed by atoms with van der Waals surface area (Å²) in [6, 6.07) is 4.87. The third kappa shape index (κ3) is 5.74. The highest BCUT2D eigenvalue weighted by molar-refractivity contribution is 8.15. The van der Waals surface area contributed by atoms with Gasteiger partial charge in [0.15, 0.2) is 5.17 Å². The van der Waals surface area contributed by atoms with Crippen LogP contribution in [0.1, 0.15) is 25.7 Å². The Balaban J connectivity index is 1.40. The molecule has 0 unspecified atom stereocenters. The number of fused-ring (bicyclic) bond motifs is 1. The van der Waals surface area contributed by atoms with Gasteiger partial charge in [-0.3, -0.25) is 9.79 Å². The molecule has 33 heavy (non-hydrogen) atoms. The van der Waals surface area contributed by atoms with E-state index in [0.29, 0.717) is 23.2 Å². The molecule has 0 radical (unpaired) electrons. The third-order valence-corrected chi connectivity index (χ3v) is 7.91. The number of aliphatic hydroxyl groups is 2. The average molecular weight is 479 g/mol. The number of methoxy groups -OCH3 is 2. The fourth-order valence-electron chi connectivity index (χ4n) is 4.76. The number of hydrogen-bond acceptors (Lipinski definition) is 9. The standard InChI is InChI=1S/C23H34N4O5S/c1-31-15-10-14(11-16(12-15)32-2)25-23-26-19-20(29)18(28)13-17(21(19)33-23)22(30)24-6-9-27-7-4-3-5-8-27/h10-12,17-21,28-29H,3-9,13H2,1-2H3,(H,24,30)(H,25,26)/t17-,18+,19-,20-,21+/m0/s1. The largest absolute Gasteiger partial charge is 0.497 e. The molecule has 1 aromatic carbocycles. The first-order chi connectivity index (χ1) is 16.0. The van der Waals surface area contributed by atoms with Gasteiger partial charge in [0.1, 0.15) is 17.6 Å². The normalized spacial score (nSPS) is 29.7. The summed E-state index contributed by atoms with van der Waals surface area (Å²) in [7, 11) is 3.17. The lowest BCUT2D eigenvalue weighted by atomic mass is 9.81. The predicted molar refractivity (Wildman–Crippen MR) is 129 cm³/mol. The number of anilines is 1. The Morgan fingerprint density at radius 2 is 1.85 bits per heavy atom. The van der Waals surface area contributed by atoms with E-state index in [9.17, 15) is 15.0 Å². The highest BCUT2D eigenvalue weighted by Gasteiger charge is 2.50. The van der Waals surface area contributed by atoms with Crippen molar-refractivity contribution >= 4 is 28.5 Å². The highest BCUT2D eigenvalue weighted by Crippen LogP contribution is 2.41. The number of rotatable bonds is 7. The van der Waals surface area contributed by atoms with Crippen molar-refractivity contribution in [3.8, 4) is 11.5 Å². The zero-order chi connectivity index (χ0) is 23.4. The molecule has 1 aliphatic carbocycles. The number of aliphatic hydroxyl groups excluding tert-OH is 2. The van der Waals surface area contributed by atoms with Crippen LogP contribution in [-0.4, -0.2) is 90.1 Å². The summed E-state index contributed by atoms with van der Waals surface area (Å²) in [5.74, 6) is 0.765. The first-order valence-corrected chi connectivity index (χ1v) is 12.5. The maximum absolute atomic E-state index is 13.0. The van der Waals surface area contributed by atoms with E-state index in [1.54, 1.807) is 20.3 Å². The molecule has 0 spiro atoms. The maximum atomic E-state index is 13.0. The van der Waals surface area contributed by atoms with Crippen molar-refractivity contribution in [2.24, 2.45) is 10.9 Å². The summed E-state index contributed by atoms with van der Waals surface area (Å²) in [4.78, 5) is 20.0. The Kier molecular flexibility index (Phi) is 8.00. The van der Waals surface area contributed by atoms with Crippen molar-refractivity contribution in [1.82, 2.24) is 10.2 Å². The van der Waals surface area contributed by atoms with Gasteiger partial charge in [0.05, 0.1) is 32.3 Å². The predicted octanol–water partition coefficient (Wildman–Crippen LogP) is 1.30. The van der Waals surface area contributed by atoms with Crippen molar-refractivity contribution in [2.75, 3.05) is 45.7 Å². The van der Waals surface area contributed by atoms with E-state index in [1.807, 2.05) is 12.1 Å². The number of hydrogen-bond donors (Lipinski definition) is 4. The van der Waals surface area contributed by atoms with Crippen LogP contribution in [0, 0.1) is 5.92 Å². The number of nitrogens with one attached hydrogen (secondary N) is 2. The lowest BCUT2D eigenvalue weighted by Crippen LogP contribution is -2.54. The number of ether oxygens (including phenoxy) is 2. The van der Waals surface area contributed by atoms with Crippen LogP contribution in [0.5, 0.6) is 11.5 Å². The molecule has 4 rings (SSSR count). The van der Waals surface area contributed by atoms with Crippen LogP contribution < -0.4 is 20.1 Å². The Morgan fingerprint density at radius 1 is 1.15 bits per heavy atom. The van der Waals surface area contributed by atoms with Crippen molar-refractivity contribution in [1.29, 1.82) is 0 Å². The minimum absolute atomic E-state index is 0.0834. The van der Waals surface area contributed by atoms with E-state index in [0.717, 1.165) is 25.3 Å². The van der Waals surface area contributed by atoms with Gasteiger partial charge in [0.2, 0.25) is 5.91 Å². The second-order valence-corrected chi connectivity index (χ2v) is 9.99. The number of benzene rings is 1. The molecule has 2 aliphatic heterocycles. The molecule has 3 aliphatic rings. The zero-order valence-electron chi connectivity index (χ0n) is 19.2. The second kappa shape index (κ2) is 10.9. The molecular formula is C23H34N4O5S. The number of nitrogens with zero attached hydrogens (tertiary/aromatic N) is 2. The van der Waals surface area contributed by atoms with Crippen molar-refractivity contribution in [2.45, 2.75) is 49.2 Å². The number of carbonyl (C=O) groups excluding carboxylic acids is 1. The number of likely N-dealkylation sites (tertiary alicyclic amines) is 1. The molecule has 1 aromatic rings. The Labute approximate surface area is 198 Å². The quantitative estimate of drug-likeness (QED) is 0.464. The van der Waals surface area contributed by atoms with Gasteiger partial charge < -0.3 is 35.2 Å². The highest BCUT2D eigenvalue weighted by atomic mass is 32.2. The van der Waals surface area contributed by atoms with Crippen LogP contribution in [0.15, 0.2) is 23.2 Å². The van der Waals surface area contributed by atoms with Crippen LogP contribution in [0.2, 0.25) is 0 Å². The molecule has 10 heteroatoms. The number of piperidine rings is 1. The summed E-state index contributed by atoms with van der Waals surface area (Å²) in [6.07, 6.45) is 1.95. The van der Waals surface area contributed by atoms with Gasteiger partial charge in [0.25, 0.3) is 0 Å². The van der Waals surface area contributed by atoms with E-state index in [-0.39, 0.29) is 17.6 Å². The number of thioether (sulfide) groups is 1. The molecule has 2 heterocycles. The minimum Gasteiger partial charge on any atom is -0.497 e. The molecule has 9 nitrogen and oxygen atoms in total. The molecule has 182 valence electrons. The smallest absolute Gasteiger partial charge is 0.224 e. The van der Waals surface area contributed by atoms with Gasteiger partial charge in [-0.15, -0.1) is 0 Å². The minimum atomic E-state index is -1.00. The van der Waals surface area contributed by atoms with E-state index < -0.39 is 24.2 Å². The van der Waals surface area contributed by atoms with Crippen LogP contribution in [0.25, 0.3) is 0 Å². The lowest BCUT2D eigenvalue weighted by Gasteiger charge is -2.37. The number of carbonyl (C=O) groups is 1. The number of amides is 1. The molecule has 1 amide bonds. The summed E-state index contributed by atoms with van der Waals surface area (Å²) in [5.41, 5.74) is 0.730. The number of amidine groups is 1. The fourth-order valence-corrected chi connectivity index (χ4v) is 6.14. The molecule has 4 N–H and O–H groups in total. The van der Waals surface area contributed by atoms with Gasteiger partial charge in [-0.05, 0) is 32.4 Å². The monoisotopic (exact) mass is 478 g/mol. The Bertz CT molecular complexity index is 841. The Hall–Kier alpha value is -2.01. The maximum Gasteiger partial charge on any atom is 0.224 e. The molecule has 1 saturated heterocycles. The van der Waals surface area contributed by atoms with E-state index in [1.165, 1.54) is 31.0 Å². The first-order valence-electron chi connectivity index (χ1n) is 11.6. The SMILES string of the molecule is COc1cc(NC2=N[C@H]3[C@@H](O)[C@H](O)C[C@H](C(=O)NCCN4CCCCC4)[C@H]3S2)cc(OC)c1. The number of aliphatic imine (C=N–C) groups is 1. The van der Waals surface area contributed by atoms with Crippen LogP contribution in [0.4, 0.5) is 5.69 Å². The van der Waals surface area contributed by atoms with Crippen LogP contribution >= 0.6 is 11.8 Å². The summed E-state index contributed by atoms with van der Waals surface area (Å²) in [6.45, 7) is 3.60. The van der Waals surface area contributed by atoms with E-state index in [2.05, 4.69) is 20.5 Å². The molecule has 1 saturated carbocycles. The van der Waals surface area contributed by atoms with Crippen LogP contribution in [-0.2, 0) is 4.79 Å². The first kappa shape index (κ1) is 24.1. The topological polar surface area (TPSA) is 116 Å². The van der Waals surface area contributed by atoms with Gasteiger partial charge in [-0.1, -0.05) is 18.2 Å². The van der Waals surface area contributed by atoms with Crippen LogP contribution in [0.3, 0.4) is 0 Å². The van der Waals surface area contributed by atoms with Crippen molar-refractivity contribution in [3.63, 3.8) is 0 Å². The second-order valence-electron chi connectivity index (χ2n) is 8.83. The third-order valence-electron chi connectivity index (χ3n) is 6.60. The molecule has 0 aromatic heterocycles. The summed E-state index contributed by atoms with van der Waals surface area (Å²) >= 11 is 1.43. The van der Waals surface area contributed by atoms with Crippen molar-refractivity contribution < 1.29 is 24.5 Å². The van der Waals surface area contributed by atoms with Gasteiger partial charge in [-0.2, -0.15) is 0 Å². The molecule has 2 fully saturated rings. The molecular weight excluding hydrogens is 444 g/mol. The average Bonchev–Trinajstić information content (AvgIpc) is 3.25. The van der Waals surface area contributed by atoms with Gasteiger partial charge in [-0.25, -0.2) is 0 Å². The Morgan fingerprint density at radius 3 is 2.52 bits per heavy atom. The molecule has 0 bridgehead atoms. The fraction of sp³-hybridized carbons (Fsp3) is 0.652. The van der Waals surface area contributed by atoms with Gasteiger partial charge >= 0.3 is 0 Å². The lowest BCUT2D eigenvalue weighted by molar-refractivity contribution is -0.129. The van der Waals surface area contributed by atoms with E-state index in [4.69, 9.17) is 9.47 Å². The zero-order valence-corrected chi connectivity index (χ0v) is 20.0. The van der Waals surface area contributed by atoms with E-state index >= 15 is 0 Å². The van der Waals surface area contributed by atoms with Gasteiger partial charge in [0, 0.05) is 42.2 Å². The summed E-state index contributed by atoms with van der Waals surface area (Å²) < 4.78 is 10.6. The summed E-state index contributed by atoms with van der Waals surface area (Å²) in [5, 5.41) is 27.6. The van der Waals surface area contributed by atoms with Crippen molar-refractivity contribution in [3.05, 3.63) is 18.2 Å².